The molecule has 0 atom stereocenters. The van der Waals surface area contributed by atoms with Crippen LogP contribution in [0.15, 0.2) is 0 Å². The molecular formula is C4H7Zr. The maximum atomic E-state index is 2.31. The third-order valence-electron chi connectivity index (χ3n) is 0.816. The Kier molecular flexibility index (Phi) is 3.63. The summed E-state index contributed by atoms with van der Waals surface area (Å²) in [6, 6.07) is 0. The number of hydrogen-bond donors (Lipinski definition) is 0. The van der Waals surface area contributed by atoms with Crippen molar-refractivity contribution >= 4 is 0 Å². The molecule has 0 aromatic heterocycles. The van der Waals surface area contributed by atoms with Crippen LogP contribution in [0.4, 0.5) is 0 Å². The summed E-state index contributed by atoms with van der Waals surface area (Å²) in [5.41, 5.74) is 0. The van der Waals surface area contributed by atoms with Crippen LogP contribution < -0.4 is 0 Å². The summed E-state index contributed by atoms with van der Waals surface area (Å²) >= 11 is 0. The molecule has 1 radical (unpaired) electrons. The zero-order valence-electron chi connectivity index (χ0n) is 3.20. The Morgan fingerprint density at radius 2 is 1.40 bits per heavy atom. The van der Waals surface area contributed by atoms with Crippen LogP contribution in [-0.2, 0) is 26.2 Å². The second-order valence-corrected chi connectivity index (χ2v) is 1.22. The summed E-state index contributed by atoms with van der Waals surface area (Å²) in [6.07, 6.45) is 6.50. The van der Waals surface area contributed by atoms with Gasteiger partial charge in [0, 0.05) is 26.2 Å². The molecule has 1 aliphatic rings. The maximum absolute atomic E-state index is 2.31. The van der Waals surface area contributed by atoms with Crippen molar-refractivity contribution in [3.05, 3.63) is 6.42 Å². The van der Waals surface area contributed by atoms with Gasteiger partial charge in [0.15, 0.2) is 0 Å². The Balaban J connectivity index is 0.000000160. The van der Waals surface area contributed by atoms with Crippen molar-refractivity contribution in [2.45, 2.75) is 19.3 Å². The molecule has 0 unspecified atom stereocenters. The molecule has 0 amide bonds. The topological polar surface area (TPSA) is 0 Å². The molecule has 1 fully saturated rings. The van der Waals surface area contributed by atoms with E-state index in [-0.39, 0.29) is 26.2 Å². The first-order chi connectivity index (χ1) is 2.00. The Labute approximate surface area is 52.1 Å². The van der Waals surface area contributed by atoms with Crippen LogP contribution in [0.1, 0.15) is 19.3 Å². The van der Waals surface area contributed by atoms with E-state index < -0.39 is 0 Å². The zero-order valence-corrected chi connectivity index (χ0v) is 5.66. The summed E-state index contributed by atoms with van der Waals surface area (Å²) in [7, 11) is 0. The molecule has 1 saturated carbocycles. The van der Waals surface area contributed by atoms with Crippen LogP contribution >= 0.6 is 0 Å². The largest absolute Gasteiger partial charge is 0.0528 e. The van der Waals surface area contributed by atoms with E-state index in [4.69, 9.17) is 0 Å². The molecule has 0 saturated heterocycles. The minimum Gasteiger partial charge on any atom is -0.0528 e. The van der Waals surface area contributed by atoms with Gasteiger partial charge >= 0.3 is 0 Å². The SMILES string of the molecule is [CH]1CCC1.[Zr]. The van der Waals surface area contributed by atoms with Crippen molar-refractivity contribution in [1.29, 1.82) is 0 Å². The van der Waals surface area contributed by atoms with E-state index in [2.05, 4.69) is 6.42 Å². The molecule has 0 N–H and O–H groups in total. The first kappa shape index (κ1) is 5.88. The minimum atomic E-state index is 0. The van der Waals surface area contributed by atoms with Gasteiger partial charge in [0.05, 0.1) is 0 Å². The average molecular weight is 146 g/mol. The summed E-state index contributed by atoms with van der Waals surface area (Å²) in [5, 5.41) is 0. The second-order valence-electron chi connectivity index (χ2n) is 1.22. The molecule has 0 heterocycles. The average Bonchev–Trinajstić information content (AvgIpc) is 0.722. The fourth-order valence-corrected chi connectivity index (χ4v) is 0.204. The standard InChI is InChI=1S/C4H7.Zr/c1-2-4-3-1;/h1H,2-4H2;. The van der Waals surface area contributed by atoms with Gasteiger partial charge in [-0.05, 0) is 6.42 Å². The summed E-state index contributed by atoms with van der Waals surface area (Å²) in [6.45, 7) is 0. The van der Waals surface area contributed by atoms with E-state index in [1.165, 1.54) is 19.3 Å². The molecule has 1 heteroatoms. The summed E-state index contributed by atoms with van der Waals surface area (Å²) in [5.74, 6) is 0. The molecule has 0 aliphatic heterocycles. The second kappa shape index (κ2) is 3.09. The van der Waals surface area contributed by atoms with Crippen LogP contribution in [0, 0.1) is 6.42 Å². The van der Waals surface area contributed by atoms with Gasteiger partial charge in [-0.15, -0.1) is 0 Å². The van der Waals surface area contributed by atoms with Crippen molar-refractivity contribution < 1.29 is 26.2 Å². The van der Waals surface area contributed by atoms with Gasteiger partial charge in [-0.25, -0.2) is 0 Å². The van der Waals surface area contributed by atoms with Gasteiger partial charge in [-0.2, -0.15) is 0 Å². The molecule has 1 aliphatic carbocycles. The van der Waals surface area contributed by atoms with Crippen molar-refractivity contribution in [3.8, 4) is 0 Å². The van der Waals surface area contributed by atoms with Gasteiger partial charge in [-0.3, -0.25) is 0 Å². The monoisotopic (exact) mass is 145 g/mol. The van der Waals surface area contributed by atoms with E-state index >= 15 is 0 Å². The van der Waals surface area contributed by atoms with Gasteiger partial charge in [0.25, 0.3) is 0 Å². The van der Waals surface area contributed by atoms with Gasteiger partial charge in [-0.1, -0.05) is 19.3 Å². The van der Waals surface area contributed by atoms with Crippen LogP contribution in [0.3, 0.4) is 0 Å². The third-order valence-corrected chi connectivity index (χ3v) is 0.816. The molecule has 5 heavy (non-hydrogen) atoms. The van der Waals surface area contributed by atoms with Gasteiger partial charge in [0.2, 0.25) is 0 Å². The zero-order chi connectivity index (χ0) is 2.83. The van der Waals surface area contributed by atoms with Crippen LogP contribution in [0.5, 0.6) is 0 Å². The molecule has 0 spiro atoms. The molecule has 0 aromatic rings. The van der Waals surface area contributed by atoms with Crippen molar-refractivity contribution in [3.63, 3.8) is 0 Å². The Bertz CT molecular complexity index is 11.6. The predicted octanol–water partition coefficient (Wildman–Crippen LogP) is 1.37. The van der Waals surface area contributed by atoms with Crippen molar-refractivity contribution in [1.82, 2.24) is 0 Å². The molecule has 1 rings (SSSR count). The van der Waals surface area contributed by atoms with E-state index in [1.54, 1.807) is 0 Å². The number of rotatable bonds is 0. The minimum absolute atomic E-state index is 0. The fourth-order valence-electron chi connectivity index (χ4n) is 0.204. The van der Waals surface area contributed by atoms with Crippen LogP contribution in [0.2, 0.25) is 0 Å². The first-order valence-electron chi connectivity index (χ1n) is 1.82. The molecular weight excluding hydrogens is 139 g/mol. The van der Waals surface area contributed by atoms with Crippen LogP contribution in [0.25, 0.3) is 0 Å². The summed E-state index contributed by atoms with van der Waals surface area (Å²) < 4.78 is 0. The van der Waals surface area contributed by atoms with Gasteiger partial charge in [0.1, 0.15) is 0 Å². The smallest absolute Gasteiger partial charge is 0 e. The predicted molar refractivity (Wildman–Crippen MR) is 18.2 cm³/mol. The van der Waals surface area contributed by atoms with E-state index in [0.717, 1.165) is 0 Å². The Hall–Kier alpha value is 0.883. The van der Waals surface area contributed by atoms with Crippen molar-refractivity contribution in [2.75, 3.05) is 0 Å². The van der Waals surface area contributed by atoms with E-state index in [9.17, 15) is 0 Å². The Morgan fingerprint density at radius 3 is 1.40 bits per heavy atom. The number of hydrogen-bond acceptors (Lipinski definition) is 0. The third kappa shape index (κ3) is 1.70. The fraction of sp³-hybridized carbons (Fsp3) is 0.750. The van der Waals surface area contributed by atoms with Gasteiger partial charge < -0.3 is 0 Å². The quantitative estimate of drug-likeness (QED) is 0.484. The summed E-state index contributed by atoms with van der Waals surface area (Å²) in [4.78, 5) is 0. The molecule has 0 nitrogen and oxygen atoms in total. The maximum Gasteiger partial charge on any atom is 0 e. The molecule has 0 bridgehead atoms. The molecule has 0 aromatic carbocycles. The Morgan fingerprint density at radius 1 is 1.20 bits per heavy atom. The molecule has 27 valence electrons. The first-order valence-corrected chi connectivity index (χ1v) is 1.82. The van der Waals surface area contributed by atoms with E-state index in [0.29, 0.717) is 0 Å². The van der Waals surface area contributed by atoms with Crippen molar-refractivity contribution in [2.24, 2.45) is 0 Å². The van der Waals surface area contributed by atoms with Crippen LogP contribution in [-0.4, -0.2) is 0 Å². The normalized spacial score (nSPS) is 19.2. The van der Waals surface area contributed by atoms with E-state index in [1.807, 2.05) is 0 Å².